The number of anilines is 1. The molecule has 1 amide bonds. The van der Waals surface area contributed by atoms with E-state index in [9.17, 15) is 4.79 Å². The number of nitrogens with one attached hydrogen (secondary N) is 1. The van der Waals surface area contributed by atoms with Gasteiger partial charge in [-0.05, 0) is 44.7 Å². The van der Waals surface area contributed by atoms with E-state index < -0.39 is 0 Å². The van der Waals surface area contributed by atoms with Crippen molar-refractivity contribution in [3.8, 4) is 0 Å². The predicted octanol–water partition coefficient (Wildman–Crippen LogP) is 2.43. The van der Waals surface area contributed by atoms with Gasteiger partial charge in [0.15, 0.2) is 5.82 Å². The first-order chi connectivity index (χ1) is 11.2. The summed E-state index contributed by atoms with van der Waals surface area (Å²) in [4.78, 5) is 24.1. The highest BCUT2D eigenvalue weighted by molar-refractivity contribution is 5.80. The van der Waals surface area contributed by atoms with Crippen LogP contribution in [0.5, 0.6) is 0 Å². The molecule has 0 bridgehead atoms. The molecule has 1 atom stereocenters. The van der Waals surface area contributed by atoms with Crippen molar-refractivity contribution in [1.82, 2.24) is 15.3 Å². The Bertz CT molecular complexity index is 741. The molecule has 1 unspecified atom stereocenters. The maximum atomic E-state index is 12.3. The molecule has 2 aliphatic rings. The minimum atomic E-state index is 0.0667. The van der Waals surface area contributed by atoms with Crippen LogP contribution in [-0.2, 0) is 4.79 Å². The lowest BCUT2D eigenvalue weighted by Gasteiger charge is -2.33. The summed E-state index contributed by atoms with van der Waals surface area (Å²) in [5.41, 5.74) is 2.78. The first kappa shape index (κ1) is 14.4. The number of aromatic nitrogens is 2. The van der Waals surface area contributed by atoms with Crippen LogP contribution in [0.4, 0.5) is 5.82 Å². The minimum absolute atomic E-state index is 0.0667. The molecular formula is C18H22N4O. The fourth-order valence-corrected chi connectivity index (χ4v) is 3.31. The number of carbonyl (C=O) groups is 1. The largest absolute Gasteiger partial charge is 0.354 e. The zero-order valence-corrected chi connectivity index (χ0v) is 13.5. The molecule has 4 rings (SSSR count). The average Bonchev–Trinajstić information content (AvgIpc) is 3.38. The quantitative estimate of drug-likeness (QED) is 0.946. The molecule has 1 aromatic heterocycles. The van der Waals surface area contributed by atoms with Crippen molar-refractivity contribution < 1.29 is 4.79 Å². The zero-order valence-electron chi connectivity index (χ0n) is 13.5. The fraction of sp³-hybridized carbons (Fsp3) is 0.500. The molecule has 0 radical (unpaired) electrons. The Morgan fingerprint density at radius 2 is 1.91 bits per heavy atom. The van der Waals surface area contributed by atoms with Crippen LogP contribution in [0.15, 0.2) is 24.3 Å². The number of para-hydroxylation sites is 2. The summed E-state index contributed by atoms with van der Waals surface area (Å²) in [5, 5.41) is 3.14. The molecule has 5 heteroatoms. The highest BCUT2D eigenvalue weighted by Crippen LogP contribution is 2.27. The van der Waals surface area contributed by atoms with Crippen molar-refractivity contribution in [2.75, 3.05) is 18.0 Å². The van der Waals surface area contributed by atoms with Gasteiger partial charge in [0.1, 0.15) is 0 Å². The van der Waals surface area contributed by atoms with Gasteiger partial charge in [0, 0.05) is 19.1 Å². The molecular weight excluding hydrogens is 288 g/mol. The van der Waals surface area contributed by atoms with E-state index in [-0.39, 0.29) is 11.8 Å². The smallest absolute Gasteiger partial charge is 0.225 e. The second-order valence-electron chi connectivity index (χ2n) is 6.69. The zero-order chi connectivity index (χ0) is 15.8. The van der Waals surface area contributed by atoms with Crippen LogP contribution in [0.2, 0.25) is 0 Å². The summed E-state index contributed by atoms with van der Waals surface area (Å²) in [6.45, 7) is 3.69. The van der Waals surface area contributed by atoms with Crippen LogP contribution in [0.1, 0.15) is 31.4 Å². The van der Waals surface area contributed by atoms with Crippen LogP contribution >= 0.6 is 0 Å². The summed E-state index contributed by atoms with van der Waals surface area (Å²) in [5.74, 6) is 1.20. The van der Waals surface area contributed by atoms with Crippen molar-refractivity contribution in [2.45, 2.75) is 38.6 Å². The van der Waals surface area contributed by atoms with Crippen molar-refractivity contribution >= 4 is 22.8 Å². The van der Waals surface area contributed by atoms with Crippen LogP contribution in [0.3, 0.4) is 0 Å². The second kappa shape index (κ2) is 5.80. The lowest BCUT2D eigenvalue weighted by Crippen LogP contribution is -2.44. The number of aryl methyl sites for hydroxylation is 1. The summed E-state index contributed by atoms with van der Waals surface area (Å²) < 4.78 is 0. The number of hydrogen-bond acceptors (Lipinski definition) is 4. The molecule has 2 heterocycles. The van der Waals surface area contributed by atoms with E-state index in [0.29, 0.717) is 6.04 Å². The molecule has 2 aromatic rings. The molecule has 23 heavy (non-hydrogen) atoms. The van der Waals surface area contributed by atoms with E-state index in [1.807, 2.05) is 31.2 Å². The average molecular weight is 310 g/mol. The number of rotatable bonds is 3. The van der Waals surface area contributed by atoms with Gasteiger partial charge in [-0.15, -0.1) is 0 Å². The van der Waals surface area contributed by atoms with E-state index in [4.69, 9.17) is 4.98 Å². The molecule has 1 N–H and O–H groups in total. The number of fused-ring (bicyclic) bond motifs is 1. The second-order valence-corrected chi connectivity index (χ2v) is 6.69. The third-order valence-corrected chi connectivity index (χ3v) is 4.74. The molecule has 1 aliphatic carbocycles. The Morgan fingerprint density at radius 3 is 2.65 bits per heavy atom. The van der Waals surface area contributed by atoms with E-state index in [0.717, 1.165) is 61.3 Å². The van der Waals surface area contributed by atoms with Gasteiger partial charge < -0.3 is 10.2 Å². The first-order valence-electron chi connectivity index (χ1n) is 8.49. The highest BCUT2D eigenvalue weighted by atomic mass is 16.2. The Kier molecular flexibility index (Phi) is 3.63. The number of amides is 1. The highest BCUT2D eigenvalue weighted by Gasteiger charge is 2.31. The molecule has 2 fully saturated rings. The summed E-state index contributed by atoms with van der Waals surface area (Å²) in [7, 11) is 0. The molecule has 0 spiro atoms. The Morgan fingerprint density at radius 1 is 1.17 bits per heavy atom. The van der Waals surface area contributed by atoms with E-state index in [1.54, 1.807) is 0 Å². The molecule has 1 aliphatic heterocycles. The van der Waals surface area contributed by atoms with Gasteiger partial charge in [0.05, 0.1) is 22.6 Å². The molecule has 1 aromatic carbocycles. The van der Waals surface area contributed by atoms with Gasteiger partial charge in [-0.25, -0.2) is 9.97 Å². The van der Waals surface area contributed by atoms with E-state index >= 15 is 0 Å². The predicted molar refractivity (Wildman–Crippen MR) is 90.4 cm³/mol. The minimum Gasteiger partial charge on any atom is -0.354 e. The lowest BCUT2D eigenvalue weighted by atomic mass is 9.97. The number of hydrogen-bond donors (Lipinski definition) is 1. The molecule has 5 nitrogen and oxygen atoms in total. The first-order valence-corrected chi connectivity index (χ1v) is 8.49. The van der Waals surface area contributed by atoms with Gasteiger partial charge in [-0.3, -0.25) is 4.79 Å². The Hall–Kier alpha value is -2.17. The van der Waals surface area contributed by atoms with Gasteiger partial charge >= 0.3 is 0 Å². The van der Waals surface area contributed by atoms with Crippen molar-refractivity contribution in [3.63, 3.8) is 0 Å². The van der Waals surface area contributed by atoms with Crippen molar-refractivity contribution in [2.24, 2.45) is 5.92 Å². The van der Waals surface area contributed by atoms with Gasteiger partial charge in [-0.1, -0.05) is 12.1 Å². The van der Waals surface area contributed by atoms with Crippen LogP contribution in [0.25, 0.3) is 11.0 Å². The fourth-order valence-electron chi connectivity index (χ4n) is 3.31. The Labute approximate surface area is 136 Å². The monoisotopic (exact) mass is 310 g/mol. The summed E-state index contributed by atoms with van der Waals surface area (Å²) in [6, 6.07) is 8.38. The van der Waals surface area contributed by atoms with Crippen LogP contribution in [0, 0.1) is 12.8 Å². The number of piperidine rings is 1. The maximum absolute atomic E-state index is 12.3. The summed E-state index contributed by atoms with van der Waals surface area (Å²) >= 11 is 0. The Balaban J connectivity index is 1.56. The van der Waals surface area contributed by atoms with E-state index in [2.05, 4.69) is 15.2 Å². The maximum Gasteiger partial charge on any atom is 0.225 e. The van der Waals surface area contributed by atoms with Crippen molar-refractivity contribution in [3.05, 3.63) is 30.0 Å². The molecule has 1 saturated heterocycles. The summed E-state index contributed by atoms with van der Waals surface area (Å²) in [6.07, 6.45) is 4.26. The lowest BCUT2D eigenvalue weighted by molar-refractivity contribution is -0.125. The molecule has 1 saturated carbocycles. The molecule has 120 valence electrons. The van der Waals surface area contributed by atoms with Crippen molar-refractivity contribution in [1.29, 1.82) is 0 Å². The van der Waals surface area contributed by atoms with Gasteiger partial charge in [0.2, 0.25) is 5.91 Å². The third kappa shape index (κ3) is 3.00. The third-order valence-electron chi connectivity index (χ3n) is 4.74. The topological polar surface area (TPSA) is 58.1 Å². The van der Waals surface area contributed by atoms with Crippen LogP contribution < -0.4 is 10.2 Å². The van der Waals surface area contributed by atoms with E-state index in [1.165, 1.54) is 0 Å². The van der Waals surface area contributed by atoms with Gasteiger partial charge in [-0.2, -0.15) is 0 Å². The number of nitrogens with zero attached hydrogens (tertiary/aromatic N) is 3. The van der Waals surface area contributed by atoms with Crippen LogP contribution in [-0.4, -0.2) is 35.0 Å². The SMILES string of the molecule is Cc1nc2ccccc2nc1N1CCCC(C(=O)NC2CC2)C1. The van der Waals surface area contributed by atoms with Gasteiger partial charge in [0.25, 0.3) is 0 Å². The number of benzene rings is 1. The number of carbonyl (C=O) groups excluding carboxylic acids is 1. The normalized spacial score (nSPS) is 21.4. The standard InChI is InChI=1S/C18H22N4O/c1-12-17(21-16-7-3-2-6-15(16)19-12)22-10-4-5-13(11-22)18(23)20-14-8-9-14/h2-3,6-7,13-14H,4-5,8-11H2,1H3,(H,20,23).